The number of benzene rings is 1. The normalized spacial score (nSPS) is 12.8. The second kappa shape index (κ2) is 13.4. The van der Waals surface area contributed by atoms with Crippen LogP contribution >= 0.6 is 67.8 Å². The highest BCUT2D eigenvalue weighted by Crippen LogP contribution is 2.39. The Bertz CT molecular complexity index is 838. The molecule has 10 nitrogen and oxygen atoms in total. The van der Waals surface area contributed by atoms with Gasteiger partial charge in [-0.3, -0.25) is 14.4 Å². The van der Waals surface area contributed by atoms with E-state index in [1.54, 1.807) is 0 Å². The van der Waals surface area contributed by atoms with Crippen molar-refractivity contribution in [3.05, 3.63) is 16.3 Å². The van der Waals surface area contributed by atoms with Crippen molar-refractivity contribution in [2.24, 2.45) is 0 Å². The molecule has 0 aromatic heterocycles. The smallest absolute Gasteiger partial charge is 0.256 e. The predicted octanol–water partition coefficient (Wildman–Crippen LogP) is 0.956. The Labute approximate surface area is 220 Å². The van der Waals surface area contributed by atoms with E-state index in [1.165, 1.54) is 11.9 Å². The van der Waals surface area contributed by atoms with Crippen molar-refractivity contribution in [1.82, 2.24) is 4.90 Å². The van der Waals surface area contributed by atoms with Crippen molar-refractivity contribution in [3.63, 3.8) is 0 Å². The molecule has 2 atom stereocenters. The van der Waals surface area contributed by atoms with E-state index in [4.69, 9.17) is 10.2 Å². The number of anilines is 2. The molecule has 0 saturated heterocycles. The zero-order chi connectivity index (χ0) is 23.9. The molecule has 0 heterocycles. The molecule has 13 heteroatoms. The maximum atomic E-state index is 13.1. The summed E-state index contributed by atoms with van der Waals surface area (Å²) >= 11 is 5.73. The summed E-state index contributed by atoms with van der Waals surface area (Å²) in [4.78, 5) is 38.8. The summed E-state index contributed by atoms with van der Waals surface area (Å²) in [6.07, 6.45) is -1.92. The fourth-order valence-corrected chi connectivity index (χ4v) is 6.60. The van der Waals surface area contributed by atoms with Crippen LogP contribution in [0.5, 0.6) is 0 Å². The minimum atomic E-state index is -1.66. The number of hydrogen-bond donors (Lipinski definition) is 6. The van der Waals surface area contributed by atoms with Crippen molar-refractivity contribution < 1.29 is 34.8 Å². The highest BCUT2D eigenvalue weighted by atomic mass is 127. The molecule has 1 rings (SSSR count). The highest BCUT2D eigenvalue weighted by Gasteiger charge is 2.29. The van der Waals surface area contributed by atoms with Crippen LogP contribution in [0.1, 0.15) is 30.1 Å². The van der Waals surface area contributed by atoms with Crippen molar-refractivity contribution in [2.45, 2.75) is 32.0 Å². The fourth-order valence-electron chi connectivity index (χ4n) is 2.44. The van der Waals surface area contributed by atoms with Gasteiger partial charge in [0.15, 0.2) is 6.10 Å². The van der Waals surface area contributed by atoms with Crippen LogP contribution in [-0.4, -0.2) is 82.1 Å². The largest absolute Gasteiger partial charge is 0.394 e. The van der Waals surface area contributed by atoms with Crippen LogP contribution in [0, 0.1) is 10.7 Å². The first kappa shape index (κ1) is 28.7. The van der Waals surface area contributed by atoms with Crippen LogP contribution in [0.2, 0.25) is 0 Å². The van der Waals surface area contributed by atoms with E-state index in [9.17, 15) is 24.6 Å². The Morgan fingerprint density at radius 2 is 1.52 bits per heavy atom. The van der Waals surface area contributed by atoms with Crippen LogP contribution in [0.4, 0.5) is 11.4 Å². The Kier molecular flexibility index (Phi) is 12.4. The van der Waals surface area contributed by atoms with Crippen LogP contribution in [0.3, 0.4) is 0 Å². The number of aliphatic hydroxyl groups excluding tert-OH is 4. The molecule has 0 radical (unpaired) electrons. The van der Waals surface area contributed by atoms with Crippen molar-refractivity contribution in [2.75, 3.05) is 37.4 Å². The second-order valence-electron chi connectivity index (χ2n) is 6.57. The summed E-state index contributed by atoms with van der Waals surface area (Å²) in [7, 11) is 1.45. The minimum absolute atomic E-state index is 0.129. The number of aliphatic hydroxyl groups is 4. The van der Waals surface area contributed by atoms with E-state index < -0.39 is 37.2 Å². The Hall–Kier alpha value is -0.340. The number of likely N-dealkylation sites (N-methyl/N-ethyl adjacent to an activating group) is 1. The number of nitrogens with zero attached hydrogens (tertiary/aromatic N) is 1. The molecule has 31 heavy (non-hydrogen) atoms. The van der Waals surface area contributed by atoms with E-state index in [0.717, 1.165) is 0 Å². The average Bonchev–Trinajstić information content (AvgIpc) is 2.73. The van der Waals surface area contributed by atoms with Gasteiger partial charge in [0.1, 0.15) is 0 Å². The van der Waals surface area contributed by atoms with Gasteiger partial charge in [-0.05, 0) is 74.2 Å². The maximum Gasteiger partial charge on any atom is 0.256 e. The molecule has 0 aliphatic carbocycles. The quantitative estimate of drug-likeness (QED) is 0.193. The Morgan fingerprint density at radius 1 is 0.968 bits per heavy atom. The maximum absolute atomic E-state index is 13.1. The summed E-state index contributed by atoms with van der Waals surface area (Å²) in [5.74, 6) is -1.63. The van der Waals surface area contributed by atoms with Gasteiger partial charge >= 0.3 is 0 Å². The third-order valence-corrected chi connectivity index (χ3v) is 7.27. The lowest BCUT2D eigenvalue weighted by molar-refractivity contribution is -0.125. The summed E-state index contributed by atoms with van der Waals surface area (Å²) in [6, 6.07) is 0. The number of rotatable bonds is 10. The highest BCUT2D eigenvalue weighted by molar-refractivity contribution is 14.1. The van der Waals surface area contributed by atoms with Crippen LogP contribution in [-0.2, 0) is 9.59 Å². The zero-order valence-electron chi connectivity index (χ0n) is 16.8. The third kappa shape index (κ3) is 7.60. The number of nitrogens with one attached hydrogen (secondary N) is 2. The molecule has 0 saturated carbocycles. The van der Waals surface area contributed by atoms with Gasteiger partial charge < -0.3 is 36.0 Å². The molecule has 174 valence electrons. The van der Waals surface area contributed by atoms with Crippen LogP contribution in [0.25, 0.3) is 0 Å². The van der Waals surface area contributed by atoms with Gasteiger partial charge in [-0.1, -0.05) is 6.92 Å². The first-order valence-electron chi connectivity index (χ1n) is 9.14. The summed E-state index contributed by atoms with van der Waals surface area (Å²) in [5, 5.41) is 42.7. The van der Waals surface area contributed by atoms with Crippen LogP contribution in [0.15, 0.2) is 0 Å². The molecule has 0 spiro atoms. The lowest BCUT2D eigenvalue weighted by Gasteiger charge is -2.24. The minimum Gasteiger partial charge on any atom is -0.394 e. The molecule has 1 aromatic rings. The van der Waals surface area contributed by atoms with Gasteiger partial charge in [0.2, 0.25) is 5.91 Å². The van der Waals surface area contributed by atoms with E-state index in [0.29, 0.717) is 22.8 Å². The molecule has 0 bridgehead atoms. The van der Waals surface area contributed by atoms with Crippen molar-refractivity contribution in [1.29, 1.82) is 0 Å². The second-order valence-corrected chi connectivity index (χ2v) is 9.81. The topological polar surface area (TPSA) is 159 Å². The SMILES string of the molecule is CCCC(=O)Nc1c(I)c(NC(=O)C(O)CO)c(I)c(C(=O)N(C)CC(O)CO)c1I. The lowest BCUT2D eigenvalue weighted by Crippen LogP contribution is -2.37. The fraction of sp³-hybridized carbons (Fsp3) is 0.500. The summed E-state index contributed by atoms with van der Waals surface area (Å²) in [6.45, 7) is 0.423. The van der Waals surface area contributed by atoms with Gasteiger partial charge in [0.05, 0.1) is 47.0 Å². The molecular weight excluding hydrogens is 751 g/mol. The lowest BCUT2D eigenvalue weighted by atomic mass is 10.1. The summed E-state index contributed by atoms with van der Waals surface area (Å²) in [5.41, 5.74) is 0.702. The van der Waals surface area contributed by atoms with Gasteiger partial charge in [-0.2, -0.15) is 0 Å². The first-order valence-corrected chi connectivity index (χ1v) is 12.4. The Morgan fingerprint density at radius 3 is 2.00 bits per heavy atom. The van der Waals surface area contributed by atoms with E-state index >= 15 is 0 Å². The average molecular weight is 775 g/mol. The van der Waals surface area contributed by atoms with Gasteiger partial charge in [0.25, 0.3) is 11.8 Å². The third-order valence-electron chi connectivity index (χ3n) is 4.04. The van der Waals surface area contributed by atoms with Gasteiger partial charge in [-0.15, -0.1) is 0 Å². The molecule has 2 unspecified atom stereocenters. The number of amides is 3. The zero-order valence-corrected chi connectivity index (χ0v) is 23.3. The molecule has 0 aliphatic rings. The standard InChI is InChI=1S/C18H24I3N3O7/c1-3-4-10(29)22-15-12(19)11(18(31)24(2)5-8(27)6-25)13(20)16(14(15)21)23-17(30)9(28)7-26/h8-9,25-28H,3-7H2,1-2H3,(H,22,29)(H,23,30). The van der Waals surface area contributed by atoms with E-state index in [1.807, 2.05) is 74.7 Å². The molecule has 0 aliphatic heterocycles. The van der Waals surface area contributed by atoms with E-state index in [2.05, 4.69) is 10.6 Å². The summed E-state index contributed by atoms with van der Waals surface area (Å²) < 4.78 is 1.24. The number of halogens is 3. The van der Waals surface area contributed by atoms with Gasteiger partial charge in [0, 0.05) is 20.0 Å². The van der Waals surface area contributed by atoms with Crippen molar-refractivity contribution >= 4 is 96.9 Å². The van der Waals surface area contributed by atoms with Crippen LogP contribution < -0.4 is 10.6 Å². The number of hydrogen-bond acceptors (Lipinski definition) is 7. The molecule has 6 N–H and O–H groups in total. The molecule has 1 aromatic carbocycles. The molecule has 3 amide bonds. The molecular formula is C18H24I3N3O7. The number of carbonyl (C=O) groups excluding carboxylic acids is 3. The van der Waals surface area contributed by atoms with Crippen molar-refractivity contribution in [3.8, 4) is 0 Å². The predicted molar refractivity (Wildman–Crippen MR) is 140 cm³/mol. The van der Waals surface area contributed by atoms with E-state index in [-0.39, 0.29) is 30.1 Å². The van der Waals surface area contributed by atoms with Gasteiger partial charge in [-0.25, -0.2) is 0 Å². The Balaban J connectivity index is 3.59. The monoisotopic (exact) mass is 775 g/mol. The first-order chi connectivity index (χ1) is 14.5. The number of carbonyl (C=O) groups is 3. The molecule has 0 fully saturated rings.